The molecule has 1 aromatic heterocycles. The van der Waals surface area contributed by atoms with E-state index in [1.165, 1.54) is 11.3 Å². The Bertz CT molecular complexity index is 524. The molecule has 0 saturated heterocycles. The normalized spacial score (nSPS) is 12.8. The molecule has 7 heteroatoms. The van der Waals surface area contributed by atoms with Crippen molar-refractivity contribution in [2.45, 2.75) is 43.9 Å². The lowest BCUT2D eigenvalue weighted by Gasteiger charge is -2.24. The lowest BCUT2D eigenvalue weighted by atomic mass is 10.1. The first-order valence-corrected chi connectivity index (χ1v) is 9.53. The third-order valence-electron chi connectivity index (χ3n) is 2.92. The average Bonchev–Trinajstić information content (AvgIpc) is 2.87. The third-order valence-corrected chi connectivity index (χ3v) is 5.96. The second-order valence-electron chi connectivity index (χ2n) is 5.34. The summed E-state index contributed by atoms with van der Waals surface area (Å²) in [6, 6.07) is 3.55. The van der Waals surface area contributed by atoms with E-state index < -0.39 is 15.6 Å². The monoisotopic (exact) mass is 334 g/mol. The van der Waals surface area contributed by atoms with Crippen LogP contribution >= 0.6 is 11.3 Å². The van der Waals surface area contributed by atoms with Crippen molar-refractivity contribution in [2.24, 2.45) is 0 Å². The lowest BCUT2D eigenvalue weighted by molar-refractivity contribution is -0.00514. The Morgan fingerprint density at radius 1 is 1.29 bits per heavy atom. The highest BCUT2D eigenvalue weighted by atomic mass is 32.2. The van der Waals surface area contributed by atoms with Gasteiger partial charge in [-0.05, 0) is 52.4 Å². The van der Waals surface area contributed by atoms with E-state index in [2.05, 4.69) is 10.0 Å². The molecule has 0 aliphatic rings. The zero-order valence-electron chi connectivity index (χ0n) is 13.2. The molecule has 122 valence electrons. The van der Waals surface area contributed by atoms with Crippen LogP contribution in [-0.2, 0) is 21.2 Å². The summed E-state index contributed by atoms with van der Waals surface area (Å²) >= 11 is 1.32. The minimum absolute atomic E-state index is 0.258. The molecular weight excluding hydrogens is 308 g/mol. The Hall–Kier alpha value is -0.470. The highest BCUT2D eigenvalue weighted by molar-refractivity contribution is 7.91. The number of hydrogen-bond acceptors (Lipinski definition) is 5. The number of likely N-dealkylation sites (N-methyl/N-ethyl adjacent to an activating group) is 1. The molecule has 21 heavy (non-hydrogen) atoms. The Morgan fingerprint density at radius 3 is 2.62 bits per heavy atom. The van der Waals surface area contributed by atoms with Gasteiger partial charge in [-0.2, -0.15) is 0 Å². The van der Waals surface area contributed by atoms with Gasteiger partial charge in [-0.1, -0.05) is 6.92 Å². The molecule has 0 aliphatic heterocycles. The molecular formula is C14H26N2O3S2. The van der Waals surface area contributed by atoms with E-state index in [0.29, 0.717) is 10.8 Å². The van der Waals surface area contributed by atoms with Crippen LogP contribution in [0.5, 0.6) is 0 Å². The fourth-order valence-corrected chi connectivity index (χ4v) is 4.41. The lowest BCUT2D eigenvalue weighted by Crippen LogP contribution is -2.40. The van der Waals surface area contributed by atoms with Crippen molar-refractivity contribution in [1.82, 2.24) is 10.0 Å². The quantitative estimate of drug-likeness (QED) is 0.642. The molecule has 5 nitrogen and oxygen atoms in total. The van der Waals surface area contributed by atoms with Crippen LogP contribution in [0.2, 0.25) is 0 Å². The molecule has 0 unspecified atom stereocenters. The van der Waals surface area contributed by atoms with Gasteiger partial charge < -0.3 is 10.1 Å². The summed E-state index contributed by atoms with van der Waals surface area (Å²) in [5.41, 5.74) is -0.507. The third kappa shape index (κ3) is 6.44. The minimum Gasteiger partial charge on any atom is -0.375 e. The molecule has 0 saturated carbocycles. The summed E-state index contributed by atoms with van der Waals surface area (Å²) in [5, 5.41) is 3.23. The first-order chi connectivity index (χ1) is 9.80. The second kappa shape index (κ2) is 8.24. The fraction of sp³-hybridized carbons (Fsp3) is 0.714. The molecule has 0 radical (unpaired) electrons. The highest BCUT2D eigenvalue weighted by Gasteiger charge is 2.23. The van der Waals surface area contributed by atoms with Gasteiger partial charge in [0.2, 0.25) is 10.0 Å². The Labute approximate surface area is 132 Å². The van der Waals surface area contributed by atoms with Crippen LogP contribution < -0.4 is 10.0 Å². The standard InChI is InChI=1S/C14H26N2O3S2/c1-5-15-10-9-12-7-8-13(20-12)21(17,18)16-11-14(3,4)19-6-2/h7-8,15-16H,5-6,9-11H2,1-4H3. The maximum atomic E-state index is 12.3. The summed E-state index contributed by atoms with van der Waals surface area (Å²) in [6.07, 6.45) is 0.846. The molecule has 2 N–H and O–H groups in total. The SMILES string of the molecule is CCNCCc1ccc(S(=O)(=O)NCC(C)(C)OCC)s1. The molecule has 1 rings (SSSR count). The van der Waals surface area contributed by atoms with Gasteiger partial charge in [0.15, 0.2) is 0 Å². The van der Waals surface area contributed by atoms with Gasteiger partial charge in [0, 0.05) is 18.0 Å². The highest BCUT2D eigenvalue weighted by Crippen LogP contribution is 2.22. The van der Waals surface area contributed by atoms with E-state index >= 15 is 0 Å². The Balaban J connectivity index is 2.62. The summed E-state index contributed by atoms with van der Waals surface area (Å²) in [7, 11) is -3.45. The first-order valence-electron chi connectivity index (χ1n) is 7.24. The van der Waals surface area contributed by atoms with Crippen molar-refractivity contribution in [2.75, 3.05) is 26.2 Å². The second-order valence-corrected chi connectivity index (χ2v) is 8.50. The molecule has 1 aromatic rings. The summed E-state index contributed by atoms with van der Waals surface area (Å²) in [4.78, 5) is 1.07. The van der Waals surface area contributed by atoms with E-state index in [1.807, 2.05) is 33.8 Å². The van der Waals surface area contributed by atoms with Crippen LogP contribution in [0.1, 0.15) is 32.6 Å². The van der Waals surface area contributed by atoms with Crippen LogP contribution in [0.25, 0.3) is 0 Å². The van der Waals surface area contributed by atoms with Crippen LogP contribution in [-0.4, -0.2) is 40.3 Å². The molecule has 0 atom stereocenters. The van der Waals surface area contributed by atoms with E-state index in [1.54, 1.807) is 6.07 Å². The number of nitrogens with one attached hydrogen (secondary N) is 2. The van der Waals surface area contributed by atoms with Crippen molar-refractivity contribution in [3.63, 3.8) is 0 Å². The van der Waals surface area contributed by atoms with Gasteiger partial charge in [-0.3, -0.25) is 0 Å². The molecule has 0 aromatic carbocycles. The zero-order valence-corrected chi connectivity index (χ0v) is 14.9. The Kier molecular flexibility index (Phi) is 7.29. The van der Waals surface area contributed by atoms with Gasteiger partial charge in [-0.25, -0.2) is 13.1 Å². The van der Waals surface area contributed by atoms with Crippen LogP contribution in [0.4, 0.5) is 0 Å². The first kappa shape index (κ1) is 18.6. The molecule has 1 heterocycles. The largest absolute Gasteiger partial charge is 0.375 e. The Morgan fingerprint density at radius 2 is 2.00 bits per heavy atom. The van der Waals surface area contributed by atoms with Crippen molar-refractivity contribution in [1.29, 1.82) is 0 Å². The summed E-state index contributed by atoms with van der Waals surface area (Å²) < 4.78 is 33.0. The number of rotatable bonds is 10. The smallest absolute Gasteiger partial charge is 0.250 e. The number of ether oxygens (including phenoxy) is 1. The molecule has 0 spiro atoms. The number of thiophene rings is 1. The van der Waals surface area contributed by atoms with Gasteiger partial charge >= 0.3 is 0 Å². The van der Waals surface area contributed by atoms with Crippen molar-refractivity contribution in [3.8, 4) is 0 Å². The average molecular weight is 335 g/mol. The predicted octanol–water partition coefficient (Wildman–Crippen LogP) is 1.99. The van der Waals surface area contributed by atoms with Gasteiger partial charge in [0.25, 0.3) is 0 Å². The van der Waals surface area contributed by atoms with Gasteiger partial charge in [-0.15, -0.1) is 11.3 Å². The summed E-state index contributed by atoms with van der Waals surface area (Å²) in [5.74, 6) is 0. The van der Waals surface area contributed by atoms with Crippen molar-refractivity contribution < 1.29 is 13.2 Å². The number of hydrogen-bond donors (Lipinski definition) is 2. The summed E-state index contributed by atoms with van der Waals surface area (Å²) in [6.45, 7) is 10.3. The molecule has 0 aliphatic carbocycles. The predicted molar refractivity (Wildman–Crippen MR) is 87.5 cm³/mol. The van der Waals surface area contributed by atoms with E-state index in [4.69, 9.17) is 4.74 Å². The van der Waals surface area contributed by atoms with Crippen LogP contribution in [0, 0.1) is 0 Å². The van der Waals surface area contributed by atoms with Crippen molar-refractivity contribution >= 4 is 21.4 Å². The molecule has 0 amide bonds. The molecule has 0 bridgehead atoms. The minimum atomic E-state index is -3.45. The van der Waals surface area contributed by atoms with Crippen LogP contribution in [0.15, 0.2) is 16.3 Å². The van der Waals surface area contributed by atoms with Crippen molar-refractivity contribution in [3.05, 3.63) is 17.0 Å². The van der Waals surface area contributed by atoms with Crippen LogP contribution in [0.3, 0.4) is 0 Å². The topological polar surface area (TPSA) is 67.4 Å². The fourth-order valence-electron chi connectivity index (χ4n) is 1.81. The van der Waals surface area contributed by atoms with Gasteiger partial charge in [0.1, 0.15) is 4.21 Å². The maximum Gasteiger partial charge on any atom is 0.250 e. The van der Waals surface area contributed by atoms with Gasteiger partial charge in [0.05, 0.1) is 5.60 Å². The van der Waals surface area contributed by atoms with E-state index in [9.17, 15) is 8.42 Å². The van der Waals surface area contributed by atoms with E-state index in [-0.39, 0.29) is 6.54 Å². The number of sulfonamides is 1. The molecule has 0 fully saturated rings. The maximum absolute atomic E-state index is 12.3. The zero-order chi connectivity index (χ0) is 15.9. The van der Waals surface area contributed by atoms with E-state index in [0.717, 1.165) is 24.4 Å².